The molecule has 108 valence electrons. The third-order valence-corrected chi connectivity index (χ3v) is 3.78. The van der Waals surface area contributed by atoms with E-state index in [4.69, 9.17) is 10.2 Å². The van der Waals surface area contributed by atoms with Gasteiger partial charge in [-0.2, -0.15) is 0 Å². The van der Waals surface area contributed by atoms with Crippen LogP contribution in [0.1, 0.15) is 17.2 Å². The summed E-state index contributed by atoms with van der Waals surface area (Å²) < 4.78 is 5.13. The zero-order chi connectivity index (χ0) is 14.7. The van der Waals surface area contributed by atoms with Crippen LogP contribution < -0.4 is 5.73 Å². The summed E-state index contributed by atoms with van der Waals surface area (Å²) in [6, 6.07) is 12.5. The van der Waals surface area contributed by atoms with E-state index in [1.807, 2.05) is 18.3 Å². The number of likely N-dealkylation sites (N-methyl/N-ethyl adjacent to an activating group) is 1. The zero-order valence-corrected chi connectivity index (χ0v) is 12.1. The third-order valence-electron chi connectivity index (χ3n) is 3.78. The van der Waals surface area contributed by atoms with Crippen molar-refractivity contribution in [1.82, 2.24) is 9.88 Å². The van der Waals surface area contributed by atoms with E-state index in [0.717, 1.165) is 23.0 Å². The molecule has 2 heterocycles. The summed E-state index contributed by atoms with van der Waals surface area (Å²) in [5.74, 6) is 0. The molecule has 2 aromatic heterocycles. The Morgan fingerprint density at radius 2 is 2.19 bits per heavy atom. The molecule has 1 aromatic carbocycles. The van der Waals surface area contributed by atoms with Gasteiger partial charge in [-0.3, -0.25) is 9.88 Å². The van der Waals surface area contributed by atoms with E-state index in [-0.39, 0.29) is 6.04 Å². The fraction of sp³-hybridized carbons (Fsp3) is 0.235. The van der Waals surface area contributed by atoms with Crippen molar-refractivity contribution >= 4 is 10.9 Å². The molecule has 3 rings (SSSR count). The number of furan rings is 1. The minimum absolute atomic E-state index is 0.171. The predicted octanol–water partition coefficient (Wildman–Crippen LogP) is 2.96. The Morgan fingerprint density at radius 3 is 2.95 bits per heavy atom. The van der Waals surface area contributed by atoms with Crippen LogP contribution in [0.5, 0.6) is 0 Å². The highest BCUT2D eigenvalue weighted by Gasteiger charge is 2.16. The Hall–Kier alpha value is -2.17. The Morgan fingerprint density at radius 1 is 1.29 bits per heavy atom. The molecule has 3 aromatic rings. The van der Waals surface area contributed by atoms with Crippen molar-refractivity contribution in [2.45, 2.75) is 12.6 Å². The molecular weight excluding hydrogens is 262 g/mol. The van der Waals surface area contributed by atoms with Crippen LogP contribution >= 0.6 is 0 Å². The topological polar surface area (TPSA) is 55.3 Å². The average Bonchev–Trinajstić information content (AvgIpc) is 3.01. The molecule has 4 heteroatoms. The Labute approximate surface area is 124 Å². The van der Waals surface area contributed by atoms with Gasteiger partial charge in [0, 0.05) is 36.3 Å². The lowest BCUT2D eigenvalue weighted by atomic mass is 10.0. The number of hydrogen-bond donors (Lipinski definition) is 1. The maximum atomic E-state index is 6.00. The summed E-state index contributed by atoms with van der Waals surface area (Å²) in [6.07, 6.45) is 5.28. The second kappa shape index (κ2) is 6.08. The third kappa shape index (κ3) is 2.96. The first kappa shape index (κ1) is 13.8. The van der Waals surface area contributed by atoms with Crippen molar-refractivity contribution in [2.24, 2.45) is 5.73 Å². The number of aromatic nitrogens is 1. The monoisotopic (exact) mass is 281 g/mol. The maximum absolute atomic E-state index is 6.00. The number of nitrogens with two attached hydrogens (primary N) is 1. The quantitative estimate of drug-likeness (QED) is 0.781. The van der Waals surface area contributed by atoms with E-state index in [2.05, 4.69) is 41.2 Å². The highest BCUT2D eigenvalue weighted by atomic mass is 16.3. The van der Waals surface area contributed by atoms with E-state index in [1.165, 1.54) is 5.56 Å². The number of nitrogens with zero attached hydrogens (tertiary/aromatic N) is 2. The Balaban J connectivity index is 1.86. The summed E-state index contributed by atoms with van der Waals surface area (Å²) in [5, 5.41) is 1.14. The molecule has 0 saturated heterocycles. The molecule has 0 aliphatic carbocycles. The molecule has 1 unspecified atom stereocenters. The van der Waals surface area contributed by atoms with Crippen molar-refractivity contribution in [3.05, 3.63) is 66.2 Å². The summed E-state index contributed by atoms with van der Waals surface area (Å²) >= 11 is 0. The first-order valence-corrected chi connectivity index (χ1v) is 7.04. The molecule has 21 heavy (non-hydrogen) atoms. The van der Waals surface area contributed by atoms with E-state index < -0.39 is 0 Å². The first-order chi connectivity index (χ1) is 10.3. The van der Waals surface area contributed by atoms with Gasteiger partial charge in [0.15, 0.2) is 0 Å². The smallest absolute Gasteiger partial charge is 0.0947 e. The minimum Gasteiger partial charge on any atom is -0.472 e. The summed E-state index contributed by atoms with van der Waals surface area (Å²) in [6.45, 7) is 1.38. The van der Waals surface area contributed by atoms with Crippen LogP contribution in [-0.4, -0.2) is 23.5 Å². The molecule has 2 N–H and O–H groups in total. The normalized spacial score (nSPS) is 12.9. The fourth-order valence-electron chi connectivity index (χ4n) is 2.65. The van der Waals surface area contributed by atoms with Crippen molar-refractivity contribution < 1.29 is 4.42 Å². The van der Waals surface area contributed by atoms with Gasteiger partial charge in [0.2, 0.25) is 0 Å². The highest BCUT2D eigenvalue weighted by molar-refractivity contribution is 5.79. The van der Waals surface area contributed by atoms with Crippen LogP contribution in [0.15, 0.2) is 59.5 Å². The number of rotatable bonds is 5. The first-order valence-electron chi connectivity index (χ1n) is 7.04. The van der Waals surface area contributed by atoms with Gasteiger partial charge in [-0.25, -0.2) is 0 Å². The average molecular weight is 281 g/mol. The van der Waals surface area contributed by atoms with Gasteiger partial charge in [-0.05, 0) is 36.9 Å². The lowest BCUT2D eigenvalue weighted by molar-refractivity contribution is 0.241. The lowest BCUT2D eigenvalue weighted by Crippen LogP contribution is -2.30. The lowest BCUT2D eigenvalue weighted by Gasteiger charge is -2.27. The van der Waals surface area contributed by atoms with Crippen LogP contribution in [0.4, 0.5) is 0 Å². The van der Waals surface area contributed by atoms with Crippen molar-refractivity contribution in [1.29, 1.82) is 0 Å². The summed E-state index contributed by atoms with van der Waals surface area (Å²) in [7, 11) is 2.08. The van der Waals surface area contributed by atoms with Crippen LogP contribution in [0.25, 0.3) is 10.9 Å². The van der Waals surface area contributed by atoms with Crippen LogP contribution in [0, 0.1) is 0 Å². The van der Waals surface area contributed by atoms with Crippen LogP contribution in [-0.2, 0) is 6.54 Å². The van der Waals surface area contributed by atoms with Crippen molar-refractivity contribution in [2.75, 3.05) is 13.6 Å². The Kier molecular flexibility index (Phi) is 3.99. The highest BCUT2D eigenvalue weighted by Crippen LogP contribution is 2.23. The van der Waals surface area contributed by atoms with E-state index >= 15 is 0 Å². The second-order valence-corrected chi connectivity index (χ2v) is 5.25. The standard InChI is InChI=1S/C17H19N3O/c1-20(11-13-6-8-21-12-13)17(10-18)15-4-5-16-14(9-15)3-2-7-19-16/h2-9,12,17H,10-11,18H2,1H3. The maximum Gasteiger partial charge on any atom is 0.0947 e. The fourth-order valence-corrected chi connectivity index (χ4v) is 2.65. The summed E-state index contributed by atoms with van der Waals surface area (Å²) in [4.78, 5) is 6.59. The molecule has 4 nitrogen and oxygen atoms in total. The van der Waals surface area contributed by atoms with Gasteiger partial charge in [0.05, 0.1) is 18.0 Å². The van der Waals surface area contributed by atoms with Crippen molar-refractivity contribution in [3.8, 4) is 0 Å². The number of pyridine rings is 1. The number of benzene rings is 1. The van der Waals surface area contributed by atoms with Gasteiger partial charge >= 0.3 is 0 Å². The molecule has 0 bridgehead atoms. The van der Waals surface area contributed by atoms with Gasteiger partial charge in [0.25, 0.3) is 0 Å². The van der Waals surface area contributed by atoms with E-state index in [1.54, 1.807) is 12.5 Å². The largest absolute Gasteiger partial charge is 0.472 e. The van der Waals surface area contributed by atoms with E-state index in [0.29, 0.717) is 6.54 Å². The van der Waals surface area contributed by atoms with Gasteiger partial charge in [-0.1, -0.05) is 12.1 Å². The molecule has 0 aliphatic heterocycles. The minimum atomic E-state index is 0.171. The molecule has 0 aliphatic rings. The van der Waals surface area contributed by atoms with E-state index in [9.17, 15) is 0 Å². The van der Waals surface area contributed by atoms with Crippen molar-refractivity contribution in [3.63, 3.8) is 0 Å². The molecule has 0 radical (unpaired) electrons. The number of fused-ring (bicyclic) bond motifs is 1. The van der Waals surface area contributed by atoms with Gasteiger partial charge < -0.3 is 10.2 Å². The van der Waals surface area contributed by atoms with Crippen LogP contribution in [0.2, 0.25) is 0 Å². The van der Waals surface area contributed by atoms with Crippen LogP contribution in [0.3, 0.4) is 0 Å². The summed E-state index contributed by atoms with van der Waals surface area (Å²) in [5.41, 5.74) is 9.37. The molecule has 0 saturated carbocycles. The van der Waals surface area contributed by atoms with Gasteiger partial charge in [-0.15, -0.1) is 0 Å². The molecule has 0 fully saturated rings. The predicted molar refractivity (Wildman–Crippen MR) is 83.7 cm³/mol. The molecule has 0 amide bonds. The molecule has 0 spiro atoms. The second-order valence-electron chi connectivity index (χ2n) is 5.25. The Bertz CT molecular complexity index is 709. The number of hydrogen-bond acceptors (Lipinski definition) is 4. The molecular formula is C17H19N3O. The zero-order valence-electron chi connectivity index (χ0n) is 12.1. The van der Waals surface area contributed by atoms with Gasteiger partial charge in [0.1, 0.15) is 0 Å². The SMILES string of the molecule is CN(Cc1ccoc1)C(CN)c1ccc2ncccc2c1. The molecule has 1 atom stereocenters.